The van der Waals surface area contributed by atoms with Crippen molar-refractivity contribution < 1.29 is 14.1 Å². The summed E-state index contributed by atoms with van der Waals surface area (Å²) in [5.41, 5.74) is 6.09. The summed E-state index contributed by atoms with van der Waals surface area (Å²) < 4.78 is 5.33. The molecule has 0 spiro atoms. The third-order valence-corrected chi connectivity index (χ3v) is 2.96. The highest BCUT2D eigenvalue weighted by molar-refractivity contribution is 5.95. The maximum Gasteiger partial charge on any atom is 0.292 e. The van der Waals surface area contributed by atoms with E-state index in [0.717, 1.165) is 11.8 Å². The zero-order valence-electron chi connectivity index (χ0n) is 11.5. The van der Waals surface area contributed by atoms with Gasteiger partial charge < -0.3 is 15.5 Å². The third-order valence-electron chi connectivity index (χ3n) is 2.96. The topological polar surface area (TPSA) is 124 Å². The Bertz CT molecular complexity index is 689. The Labute approximate surface area is 120 Å². The molecule has 0 unspecified atom stereocenters. The fraction of sp³-hybridized carbons (Fsp3) is 0.231. The molecule has 0 fully saturated rings. The molecular weight excluding hydrogens is 276 g/mol. The molecular formula is C13H14N4O4. The molecule has 0 radical (unpaired) electrons. The summed E-state index contributed by atoms with van der Waals surface area (Å²) >= 11 is 0. The smallest absolute Gasteiger partial charge is 0.292 e. The van der Waals surface area contributed by atoms with E-state index in [9.17, 15) is 14.9 Å². The maximum absolute atomic E-state index is 12.0. The highest BCUT2D eigenvalue weighted by Crippen LogP contribution is 2.22. The van der Waals surface area contributed by atoms with E-state index in [2.05, 4.69) is 10.3 Å². The Morgan fingerprint density at radius 3 is 2.76 bits per heavy atom. The Morgan fingerprint density at radius 2 is 2.19 bits per heavy atom. The van der Waals surface area contributed by atoms with Crippen LogP contribution in [0, 0.1) is 24.0 Å². The first-order valence-electron chi connectivity index (χ1n) is 6.13. The molecule has 1 aromatic carbocycles. The molecule has 3 N–H and O–H groups in total. The van der Waals surface area contributed by atoms with Gasteiger partial charge in [0.05, 0.1) is 17.2 Å². The lowest BCUT2D eigenvalue weighted by molar-refractivity contribution is -0.383. The Kier molecular flexibility index (Phi) is 3.88. The molecule has 0 atom stereocenters. The van der Waals surface area contributed by atoms with E-state index in [0.29, 0.717) is 11.7 Å². The van der Waals surface area contributed by atoms with Crippen molar-refractivity contribution in [1.29, 1.82) is 0 Å². The van der Waals surface area contributed by atoms with Crippen molar-refractivity contribution in [3.05, 3.63) is 51.2 Å². The lowest BCUT2D eigenvalue weighted by Gasteiger charge is -2.04. The van der Waals surface area contributed by atoms with Gasteiger partial charge >= 0.3 is 0 Å². The Morgan fingerprint density at radius 1 is 1.48 bits per heavy atom. The van der Waals surface area contributed by atoms with Crippen molar-refractivity contribution >= 4 is 17.3 Å². The summed E-state index contributed by atoms with van der Waals surface area (Å²) in [7, 11) is 0. The second-order valence-corrected chi connectivity index (χ2v) is 4.46. The van der Waals surface area contributed by atoms with Gasteiger partial charge in [0, 0.05) is 11.6 Å². The summed E-state index contributed by atoms with van der Waals surface area (Å²) in [6.45, 7) is 3.68. The van der Waals surface area contributed by atoms with Crippen molar-refractivity contribution in [2.24, 2.45) is 0 Å². The second kappa shape index (κ2) is 5.61. The monoisotopic (exact) mass is 290 g/mol. The van der Waals surface area contributed by atoms with Gasteiger partial charge in [-0.15, -0.1) is 0 Å². The number of aromatic nitrogens is 1. The number of hydrogen-bond acceptors (Lipinski definition) is 6. The summed E-state index contributed by atoms with van der Waals surface area (Å²) in [5, 5.41) is 13.4. The average molecular weight is 290 g/mol. The van der Waals surface area contributed by atoms with E-state index >= 15 is 0 Å². The number of nitrogens with zero attached hydrogens (tertiary/aromatic N) is 2. The standard InChI is InChI=1S/C13H14N4O4/c1-7-8(2)21-12(16-7)6-15-13(18)9-3-4-10(14)11(5-9)17(19)20/h3-5H,6,14H2,1-2H3,(H,15,18). The Hall–Kier alpha value is -2.90. The van der Waals surface area contributed by atoms with E-state index in [1.165, 1.54) is 12.1 Å². The van der Waals surface area contributed by atoms with Crippen LogP contribution in [0.5, 0.6) is 0 Å². The van der Waals surface area contributed by atoms with Crippen LogP contribution >= 0.6 is 0 Å². The number of rotatable bonds is 4. The lowest BCUT2D eigenvalue weighted by Crippen LogP contribution is -2.23. The van der Waals surface area contributed by atoms with E-state index in [4.69, 9.17) is 10.2 Å². The molecule has 1 heterocycles. The zero-order valence-corrected chi connectivity index (χ0v) is 11.5. The van der Waals surface area contributed by atoms with Crippen LogP contribution in [0.15, 0.2) is 22.6 Å². The molecule has 0 saturated heterocycles. The van der Waals surface area contributed by atoms with Gasteiger partial charge in [-0.25, -0.2) is 4.98 Å². The summed E-state index contributed by atoms with van der Waals surface area (Å²) in [5.74, 6) is 0.595. The number of anilines is 1. The van der Waals surface area contributed by atoms with E-state index < -0.39 is 10.8 Å². The number of nitro groups is 1. The van der Waals surface area contributed by atoms with Crippen molar-refractivity contribution in [3.63, 3.8) is 0 Å². The van der Waals surface area contributed by atoms with Gasteiger partial charge in [0.25, 0.3) is 11.6 Å². The molecule has 0 aliphatic carbocycles. The van der Waals surface area contributed by atoms with Crippen LogP contribution in [0.25, 0.3) is 0 Å². The van der Waals surface area contributed by atoms with E-state index in [-0.39, 0.29) is 23.5 Å². The fourth-order valence-corrected chi connectivity index (χ4v) is 1.72. The molecule has 0 aliphatic heterocycles. The zero-order chi connectivity index (χ0) is 15.6. The van der Waals surface area contributed by atoms with Crippen LogP contribution in [0.2, 0.25) is 0 Å². The van der Waals surface area contributed by atoms with Crippen LogP contribution in [0.1, 0.15) is 27.7 Å². The van der Waals surface area contributed by atoms with Crippen LogP contribution < -0.4 is 11.1 Å². The summed E-state index contributed by atoms with van der Waals surface area (Å²) in [6, 6.07) is 3.88. The minimum atomic E-state index is -0.632. The number of carbonyl (C=O) groups is 1. The highest BCUT2D eigenvalue weighted by atomic mass is 16.6. The molecule has 0 saturated carbocycles. The maximum atomic E-state index is 12.0. The van der Waals surface area contributed by atoms with Gasteiger partial charge in [0.2, 0.25) is 5.89 Å². The lowest BCUT2D eigenvalue weighted by atomic mass is 10.1. The molecule has 8 heteroatoms. The molecule has 0 bridgehead atoms. The van der Waals surface area contributed by atoms with Gasteiger partial charge in [-0.2, -0.15) is 0 Å². The minimum absolute atomic E-state index is 0.00972. The molecule has 2 rings (SSSR count). The number of nitro benzene ring substituents is 1. The van der Waals surface area contributed by atoms with Crippen molar-refractivity contribution in [2.45, 2.75) is 20.4 Å². The van der Waals surface area contributed by atoms with Crippen LogP contribution in [0.4, 0.5) is 11.4 Å². The summed E-state index contributed by atoms with van der Waals surface area (Å²) in [6.07, 6.45) is 0. The SMILES string of the molecule is Cc1nc(CNC(=O)c2ccc(N)c([N+](=O)[O-])c2)oc1C. The predicted molar refractivity (Wildman–Crippen MR) is 74.7 cm³/mol. The molecule has 1 aromatic heterocycles. The van der Waals surface area contributed by atoms with Crippen LogP contribution in [0.3, 0.4) is 0 Å². The average Bonchev–Trinajstić information content (AvgIpc) is 2.75. The normalized spacial score (nSPS) is 10.4. The van der Waals surface area contributed by atoms with Crippen LogP contribution in [-0.4, -0.2) is 15.8 Å². The van der Waals surface area contributed by atoms with Gasteiger partial charge in [0.1, 0.15) is 11.4 Å². The summed E-state index contributed by atoms with van der Waals surface area (Å²) in [4.78, 5) is 26.2. The number of oxazole rings is 1. The minimum Gasteiger partial charge on any atom is -0.444 e. The third kappa shape index (κ3) is 3.16. The number of hydrogen-bond donors (Lipinski definition) is 2. The van der Waals surface area contributed by atoms with Crippen molar-refractivity contribution in [2.75, 3.05) is 5.73 Å². The molecule has 8 nitrogen and oxygen atoms in total. The number of nitrogen functional groups attached to an aromatic ring is 1. The number of nitrogens with two attached hydrogens (primary N) is 1. The largest absolute Gasteiger partial charge is 0.444 e. The molecule has 110 valence electrons. The van der Waals surface area contributed by atoms with Gasteiger partial charge in [-0.1, -0.05) is 0 Å². The molecule has 2 aromatic rings. The number of nitrogens with one attached hydrogen (secondary N) is 1. The Balaban J connectivity index is 2.10. The first-order chi connectivity index (χ1) is 9.88. The van der Waals surface area contributed by atoms with Crippen molar-refractivity contribution in [1.82, 2.24) is 10.3 Å². The molecule has 21 heavy (non-hydrogen) atoms. The number of carbonyl (C=O) groups excluding carboxylic acids is 1. The van der Waals surface area contributed by atoms with Crippen molar-refractivity contribution in [3.8, 4) is 0 Å². The van der Waals surface area contributed by atoms with E-state index in [1.54, 1.807) is 13.8 Å². The van der Waals surface area contributed by atoms with Gasteiger partial charge in [-0.3, -0.25) is 14.9 Å². The quantitative estimate of drug-likeness (QED) is 0.501. The molecule has 0 aliphatic rings. The van der Waals surface area contributed by atoms with Gasteiger partial charge in [0.15, 0.2) is 0 Å². The predicted octanol–water partition coefficient (Wildman–Crippen LogP) is 1.71. The first kappa shape index (κ1) is 14.5. The fourth-order valence-electron chi connectivity index (χ4n) is 1.72. The highest BCUT2D eigenvalue weighted by Gasteiger charge is 2.16. The first-order valence-corrected chi connectivity index (χ1v) is 6.13. The van der Waals surface area contributed by atoms with Gasteiger partial charge in [-0.05, 0) is 26.0 Å². The van der Waals surface area contributed by atoms with E-state index in [1.807, 2.05) is 0 Å². The second-order valence-electron chi connectivity index (χ2n) is 4.46. The van der Waals surface area contributed by atoms with Crippen LogP contribution in [-0.2, 0) is 6.54 Å². The number of aryl methyl sites for hydroxylation is 2. The number of amides is 1. The molecule has 1 amide bonds. The number of benzene rings is 1.